The topological polar surface area (TPSA) is 26.3 Å². The molecule has 0 radical (unpaired) electrons. The standard InChI is InChI=1S/C2H5O2P.Ca.2H/c1-2(3)4-5;;;/h5H2,1H3;;;/q;+2;2*-1. The minimum atomic E-state index is -0.282. The maximum absolute atomic E-state index is 9.57. The first-order chi connectivity index (χ1) is 2.27. The van der Waals surface area contributed by atoms with Crippen molar-refractivity contribution in [3.05, 3.63) is 0 Å². The fourth-order valence-electron chi connectivity index (χ4n) is 0. The predicted molar refractivity (Wildman–Crippen MR) is 29.5 cm³/mol. The van der Waals surface area contributed by atoms with Crippen molar-refractivity contribution in [2.75, 3.05) is 0 Å². The molecule has 0 fully saturated rings. The molecular formula is C2H7CaO2P. The Labute approximate surface area is 71.9 Å². The van der Waals surface area contributed by atoms with Gasteiger partial charge < -0.3 is 7.38 Å². The molecule has 0 spiro atoms. The smallest absolute Gasteiger partial charge is 1.00 e. The van der Waals surface area contributed by atoms with Crippen molar-refractivity contribution in [1.29, 1.82) is 0 Å². The van der Waals surface area contributed by atoms with Gasteiger partial charge in [0.25, 0.3) is 0 Å². The van der Waals surface area contributed by atoms with Gasteiger partial charge in [-0.05, 0) is 0 Å². The second-order valence-electron chi connectivity index (χ2n) is 0.609. The van der Waals surface area contributed by atoms with Crippen LogP contribution in [0, 0.1) is 0 Å². The van der Waals surface area contributed by atoms with Gasteiger partial charge in [0.2, 0.25) is 0 Å². The van der Waals surface area contributed by atoms with Crippen molar-refractivity contribution >= 4 is 53.2 Å². The van der Waals surface area contributed by atoms with Gasteiger partial charge in [0, 0.05) is 6.92 Å². The predicted octanol–water partition coefficient (Wildman–Crippen LogP) is 0.184. The molecule has 1 unspecified atom stereocenters. The Morgan fingerprint density at radius 1 is 2.00 bits per heavy atom. The number of rotatable bonds is 0. The van der Waals surface area contributed by atoms with Crippen molar-refractivity contribution in [2.24, 2.45) is 0 Å². The van der Waals surface area contributed by atoms with Crippen LogP contribution in [0.3, 0.4) is 0 Å². The van der Waals surface area contributed by atoms with E-state index < -0.39 is 0 Å². The summed E-state index contributed by atoms with van der Waals surface area (Å²) in [7, 11) is 1.84. The van der Waals surface area contributed by atoms with E-state index in [2.05, 4.69) is 4.52 Å². The molecule has 0 bridgehead atoms. The molecule has 0 aliphatic rings. The zero-order valence-electron chi connectivity index (χ0n) is 5.60. The van der Waals surface area contributed by atoms with Crippen LogP contribution in [-0.2, 0) is 9.32 Å². The van der Waals surface area contributed by atoms with Gasteiger partial charge in [-0.15, -0.1) is 0 Å². The molecule has 4 heteroatoms. The van der Waals surface area contributed by atoms with Crippen molar-refractivity contribution in [2.45, 2.75) is 6.92 Å². The van der Waals surface area contributed by atoms with E-state index in [1.807, 2.05) is 9.47 Å². The molecule has 0 saturated carbocycles. The third kappa shape index (κ3) is 8.94. The summed E-state index contributed by atoms with van der Waals surface area (Å²) in [5, 5.41) is 0. The first-order valence-corrected chi connectivity index (χ1v) is 1.62. The third-order valence-corrected chi connectivity index (χ3v) is 0.498. The Balaban J connectivity index is -0.0000000267. The van der Waals surface area contributed by atoms with Gasteiger partial charge in [-0.25, -0.2) is 0 Å². The maximum atomic E-state index is 9.57. The van der Waals surface area contributed by atoms with Crippen LogP contribution >= 0.6 is 9.47 Å². The molecular weight excluding hydrogens is 127 g/mol. The van der Waals surface area contributed by atoms with Gasteiger partial charge in [-0.1, -0.05) is 0 Å². The van der Waals surface area contributed by atoms with E-state index in [0.29, 0.717) is 0 Å². The Morgan fingerprint density at radius 3 is 2.17 bits per heavy atom. The second kappa shape index (κ2) is 6.16. The average Bonchev–Trinajstić information content (AvgIpc) is 1.38. The molecule has 0 aromatic heterocycles. The Hall–Kier alpha value is 1.16. The molecule has 6 heavy (non-hydrogen) atoms. The summed E-state index contributed by atoms with van der Waals surface area (Å²) in [6.07, 6.45) is 0. The van der Waals surface area contributed by atoms with Crippen molar-refractivity contribution < 1.29 is 12.2 Å². The fourth-order valence-corrected chi connectivity index (χ4v) is 0. The van der Waals surface area contributed by atoms with E-state index in [9.17, 15) is 4.79 Å². The normalized spacial score (nSPS) is 5.67. The zero-order chi connectivity index (χ0) is 4.28. The summed E-state index contributed by atoms with van der Waals surface area (Å²) >= 11 is 0. The number of hydrogen-bond donors (Lipinski definition) is 0. The monoisotopic (exact) mass is 134 g/mol. The maximum Gasteiger partial charge on any atom is 2.00 e. The average molecular weight is 134 g/mol. The molecule has 0 heterocycles. The zero-order valence-corrected chi connectivity index (χ0v) is 6.96. The number of carbonyl (C=O) groups is 1. The molecule has 0 N–H and O–H groups in total. The third-order valence-electron chi connectivity index (χ3n) is 0.166. The van der Waals surface area contributed by atoms with Gasteiger partial charge in [0.05, 0.1) is 9.47 Å². The van der Waals surface area contributed by atoms with E-state index in [-0.39, 0.29) is 46.6 Å². The summed E-state index contributed by atoms with van der Waals surface area (Å²) < 4.78 is 4.03. The van der Waals surface area contributed by atoms with Crippen molar-refractivity contribution in [3.63, 3.8) is 0 Å². The van der Waals surface area contributed by atoms with Crippen molar-refractivity contribution in [1.82, 2.24) is 0 Å². The summed E-state index contributed by atoms with van der Waals surface area (Å²) in [6.45, 7) is 1.34. The first kappa shape index (κ1) is 10.2. The van der Waals surface area contributed by atoms with E-state index in [4.69, 9.17) is 0 Å². The molecule has 0 amide bonds. The van der Waals surface area contributed by atoms with Crippen molar-refractivity contribution in [3.8, 4) is 0 Å². The molecule has 0 aliphatic carbocycles. The van der Waals surface area contributed by atoms with E-state index in [0.717, 1.165) is 0 Å². The molecule has 0 rings (SSSR count). The summed E-state index contributed by atoms with van der Waals surface area (Å²) in [4.78, 5) is 9.57. The summed E-state index contributed by atoms with van der Waals surface area (Å²) in [5.74, 6) is -0.282. The first-order valence-electron chi connectivity index (χ1n) is 1.14. The Kier molecular flexibility index (Phi) is 10.5. The molecule has 2 nitrogen and oxygen atoms in total. The van der Waals surface area contributed by atoms with Crippen LogP contribution in [0.15, 0.2) is 0 Å². The van der Waals surface area contributed by atoms with Crippen LogP contribution in [0.2, 0.25) is 0 Å². The van der Waals surface area contributed by atoms with Crippen LogP contribution in [0.5, 0.6) is 0 Å². The second-order valence-corrected chi connectivity index (χ2v) is 0.845. The molecule has 34 valence electrons. The molecule has 0 aromatic rings. The van der Waals surface area contributed by atoms with Crippen LogP contribution in [0.1, 0.15) is 9.78 Å². The van der Waals surface area contributed by atoms with E-state index in [1.165, 1.54) is 6.92 Å². The minimum Gasteiger partial charge on any atom is -1.00 e. The van der Waals surface area contributed by atoms with Crippen LogP contribution in [0.4, 0.5) is 0 Å². The summed E-state index contributed by atoms with van der Waals surface area (Å²) in [6, 6.07) is 0. The van der Waals surface area contributed by atoms with Gasteiger partial charge in [0.1, 0.15) is 0 Å². The minimum absolute atomic E-state index is 0. The largest absolute Gasteiger partial charge is 2.00 e. The van der Waals surface area contributed by atoms with Crippen LogP contribution < -0.4 is 0 Å². The van der Waals surface area contributed by atoms with Gasteiger partial charge in [0.15, 0.2) is 0 Å². The van der Waals surface area contributed by atoms with Crippen LogP contribution in [-0.4, -0.2) is 43.7 Å². The van der Waals surface area contributed by atoms with E-state index >= 15 is 0 Å². The molecule has 1 atom stereocenters. The van der Waals surface area contributed by atoms with Crippen LogP contribution in [0.25, 0.3) is 0 Å². The fraction of sp³-hybridized carbons (Fsp3) is 0.500. The molecule has 0 aliphatic heterocycles. The van der Waals surface area contributed by atoms with Gasteiger partial charge in [-0.3, -0.25) is 4.79 Å². The summed E-state index contributed by atoms with van der Waals surface area (Å²) in [5.41, 5.74) is 0. The number of carbonyl (C=O) groups excluding carboxylic acids is 1. The molecule has 0 saturated heterocycles. The quantitative estimate of drug-likeness (QED) is 0.349. The number of hydrogen-bond acceptors (Lipinski definition) is 2. The van der Waals surface area contributed by atoms with Gasteiger partial charge in [-0.2, -0.15) is 0 Å². The SMILES string of the molecule is CC(=O)OP.[Ca+2].[H-].[H-]. The Bertz CT molecular complexity index is 53.3. The molecule has 0 aromatic carbocycles. The van der Waals surface area contributed by atoms with E-state index in [1.54, 1.807) is 0 Å². The van der Waals surface area contributed by atoms with Gasteiger partial charge >= 0.3 is 43.7 Å². The Morgan fingerprint density at radius 2 is 2.17 bits per heavy atom.